The average molecular weight is 369 g/mol. The molecule has 114 valence electrons. The van der Waals surface area contributed by atoms with E-state index in [-0.39, 0.29) is 12.0 Å². The van der Waals surface area contributed by atoms with Crippen molar-refractivity contribution in [1.29, 1.82) is 5.26 Å². The van der Waals surface area contributed by atoms with Gasteiger partial charge in [-0.2, -0.15) is 5.26 Å². The van der Waals surface area contributed by atoms with Gasteiger partial charge < -0.3 is 10.1 Å². The second kappa shape index (κ2) is 6.67. The molecule has 4 nitrogen and oxygen atoms in total. The van der Waals surface area contributed by atoms with E-state index in [1.807, 2.05) is 36.4 Å². The fraction of sp³-hybridized carbons (Fsp3) is 0.111. The van der Waals surface area contributed by atoms with Gasteiger partial charge >= 0.3 is 5.97 Å². The summed E-state index contributed by atoms with van der Waals surface area (Å²) in [7, 11) is 0. The van der Waals surface area contributed by atoms with Crippen molar-refractivity contribution in [3.63, 3.8) is 0 Å². The highest BCUT2D eigenvalue weighted by molar-refractivity contribution is 9.10. The van der Waals surface area contributed by atoms with Gasteiger partial charge in [0.15, 0.2) is 0 Å². The summed E-state index contributed by atoms with van der Waals surface area (Å²) in [5, 5.41) is 12.5. The van der Waals surface area contributed by atoms with Gasteiger partial charge in [-0.1, -0.05) is 34.1 Å². The topological polar surface area (TPSA) is 62.1 Å². The lowest BCUT2D eigenvalue weighted by molar-refractivity contribution is -0.139. The smallest absolute Gasteiger partial charge is 0.331 e. The van der Waals surface area contributed by atoms with E-state index in [4.69, 9.17) is 10.00 Å². The average Bonchev–Trinajstić information content (AvgIpc) is 2.99. The highest BCUT2D eigenvalue weighted by Crippen LogP contribution is 2.29. The van der Waals surface area contributed by atoms with Crippen molar-refractivity contribution >= 4 is 27.6 Å². The molecule has 0 fully saturated rings. The molecule has 2 atom stereocenters. The predicted molar refractivity (Wildman–Crippen MR) is 90.7 cm³/mol. The molecular weight excluding hydrogens is 356 g/mol. The first-order chi connectivity index (χ1) is 11.2. The summed E-state index contributed by atoms with van der Waals surface area (Å²) in [5.74, 6) is -0.354. The Morgan fingerprint density at radius 1 is 1.22 bits per heavy atom. The molecule has 23 heavy (non-hydrogen) atoms. The Bertz CT molecular complexity index is 811. The van der Waals surface area contributed by atoms with Crippen LogP contribution in [0.25, 0.3) is 0 Å². The number of ether oxygens (including phenoxy) is 1. The molecule has 2 aromatic carbocycles. The predicted octanol–water partition coefficient (Wildman–Crippen LogP) is 3.96. The van der Waals surface area contributed by atoms with Gasteiger partial charge in [0.05, 0.1) is 17.7 Å². The number of carbonyl (C=O) groups is 1. The number of hydrogen-bond acceptors (Lipinski definition) is 4. The zero-order valence-electron chi connectivity index (χ0n) is 12.1. The number of nitrogens with one attached hydrogen (secondary N) is 1. The van der Waals surface area contributed by atoms with Crippen molar-refractivity contribution < 1.29 is 9.53 Å². The number of halogens is 1. The lowest BCUT2D eigenvalue weighted by Gasteiger charge is -2.25. The molecule has 0 aromatic heterocycles. The third-order valence-corrected chi connectivity index (χ3v) is 4.02. The Morgan fingerprint density at radius 3 is 2.74 bits per heavy atom. The molecule has 5 heteroatoms. The van der Waals surface area contributed by atoms with Crippen LogP contribution in [0.15, 0.2) is 65.2 Å². The van der Waals surface area contributed by atoms with Crippen LogP contribution >= 0.6 is 15.9 Å². The van der Waals surface area contributed by atoms with Crippen molar-refractivity contribution in [3.05, 3.63) is 76.3 Å². The Kier molecular flexibility index (Phi) is 4.45. The number of nitrogens with zero attached hydrogens (tertiary/aromatic N) is 1. The highest BCUT2D eigenvalue weighted by atomic mass is 79.9. The zero-order chi connectivity index (χ0) is 16.2. The Balaban J connectivity index is 1.95. The molecule has 1 N–H and O–H groups in total. The number of rotatable bonds is 4. The fourth-order valence-corrected chi connectivity index (χ4v) is 2.88. The molecule has 3 rings (SSSR count). The summed E-state index contributed by atoms with van der Waals surface area (Å²) in [6.07, 6.45) is 2.74. The van der Waals surface area contributed by atoms with Crippen LogP contribution in [0.1, 0.15) is 17.2 Å². The number of hydrogen-bond donors (Lipinski definition) is 1. The van der Waals surface area contributed by atoms with Crippen LogP contribution < -0.4 is 5.32 Å². The third-order valence-electron chi connectivity index (χ3n) is 3.52. The maximum absolute atomic E-state index is 11.4. The minimum absolute atomic E-state index is 0.278. The molecule has 0 unspecified atom stereocenters. The van der Waals surface area contributed by atoms with E-state index in [2.05, 4.69) is 27.3 Å². The zero-order valence-corrected chi connectivity index (χ0v) is 13.7. The van der Waals surface area contributed by atoms with Gasteiger partial charge in [-0.15, -0.1) is 0 Å². The molecule has 0 spiro atoms. The van der Waals surface area contributed by atoms with Crippen LogP contribution in [0, 0.1) is 11.3 Å². The van der Waals surface area contributed by atoms with Crippen molar-refractivity contribution in [2.45, 2.75) is 12.1 Å². The van der Waals surface area contributed by atoms with E-state index in [0.717, 1.165) is 15.7 Å². The quantitative estimate of drug-likeness (QED) is 0.829. The van der Waals surface area contributed by atoms with Crippen molar-refractivity contribution in [2.75, 3.05) is 5.32 Å². The minimum atomic E-state index is -0.421. The van der Waals surface area contributed by atoms with E-state index in [1.54, 1.807) is 18.2 Å². The molecule has 0 saturated heterocycles. The van der Waals surface area contributed by atoms with Crippen LogP contribution in [0.5, 0.6) is 0 Å². The SMILES string of the molecule is N#Cc1cccc([C@@H](Nc2cccc(Br)c2)[C@@H]2C=CC(=O)O2)c1. The van der Waals surface area contributed by atoms with Crippen LogP contribution in [-0.4, -0.2) is 12.1 Å². The van der Waals surface area contributed by atoms with Gasteiger partial charge in [-0.25, -0.2) is 4.79 Å². The second-order valence-electron chi connectivity index (χ2n) is 5.13. The summed E-state index contributed by atoms with van der Waals surface area (Å²) in [6.45, 7) is 0. The lowest BCUT2D eigenvalue weighted by Crippen LogP contribution is -2.25. The highest BCUT2D eigenvalue weighted by Gasteiger charge is 2.28. The van der Waals surface area contributed by atoms with E-state index in [9.17, 15) is 4.79 Å². The Labute approximate surface area is 142 Å². The van der Waals surface area contributed by atoms with Crippen LogP contribution in [0.2, 0.25) is 0 Å². The molecule has 0 amide bonds. The molecule has 1 heterocycles. The van der Waals surface area contributed by atoms with Crippen LogP contribution in [0.4, 0.5) is 5.69 Å². The first-order valence-electron chi connectivity index (χ1n) is 7.07. The van der Waals surface area contributed by atoms with Crippen molar-refractivity contribution in [3.8, 4) is 6.07 Å². The maximum Gasteiger partial charge on any atom is 0.331 e. The number of nitriles is 1. The molecular formula is C18H13BrN2O2. The van der Waals surface area contributed by atoms with Gasteiger partial charge in [0.2, 0.25) is 0 Å². The summed E-state index contributed by atoms with van der Waals surface area (Å²) < 4.78 is 6.30. The van der Waals surface area contributed by atoms with Gasteiger partial charge in [0.1, 0.15) is 6.10 Å². The minimum Gasteiger partial charge on any atom is -0.452 e. The number of cyclic esters (lactones) is 1. The molecule has 0 bridgehead atoms. The maximum atomic E-state index is 11.4. The Hall–Kier alpha value is -2.58. The molecule has 1 aliphatic heterocycles. The fourth-order valence-electron chi connectivity index (χ4n) is 2.48. The first-order valence-corrected chi connectivity index (χ1v) is 7.86. The summed E-state index contributed by atoms with van der Waals surface area (Å²) in [6, 6.07) is 16.9. The van der Waals surface area contributed by atoms with Gasteiger partial charge in [-0.05, 0) is 42.0 Å². The number of esters is 1. The largest absolute Gasteiger partial charge is 0.452 e. The normalized spacial score (nSPS) is 17.4. The van der Waals surface area contributed by atoms with Gasteiger partial charge in [0.25, 0.3) is 0 Å². The van der Waals surface area contributed by atoms with Gasteiger partial charge in [0, 0.05) is 16.2 Å². The van der Waals surface area contributed by atoms with Crippen LogP contribution in [0.3, 0.4) is 0 Å². The Morgan fingerprint density at radius 2 is 2.04 bits per heavy atom. The number of anilines is 1. The van der Waals surface area contributed by atoms with Crippen molar-refractivity contribution in [1.82, 2.24) is 0 Å². The standard InChI is InChI=1S/C18H13BrN2O2/c19-14-5-2-6-15(10-14)21-18(16-7-8-17(22)23-16)13-4-1-3-12(9-13)11-20/h1-10,16,18,21H/t16-,18+/m0/s1. The molecule has 0 aliphatic carbocycles. The van der Waals surface area contributed by atoms with E-state index >= 15 is 0 Å². The summed E-state index contributed by atoms with van der Waals surface area (Å²) >= 11 is 3.44. The van der Waals surface area contributed by atoms with Gasteiger partial charge in [-0.3, -0.25) is 0 Å². The van der Waals surface area contributed by atoms with E-state index in [0.29, 0.717) is 5.56 Å². The monoisotopic (exact) mass is 368 g/mol. The first kappa shape index (κ1) is 15.3. The molecule has 2 aromatic rings. The van der Waals surface area contributed by atoms with E-state index < -0.39 is 6.10 Å². The van der Waals surface area contributed by atoms with Crippen LogP contribution in [-0.2, 0) is 9.53 Å². The summed E-state index contributed by atoms with van der Waals surface area (Å²) in [4.78, 5) is 11.4. The van der Waals surface area contributed by atoms with Crippen molar-refractivity contribution in [2.24, 2.45) is 0 Å². The molecule has 0 radical (unpaired) electrons. The number of benzene rings is 2. The second-order valence-corrected chi connectivity index (χ2v) is 6.05. The van der Waals surface area contributed by atoms with E-state index in [1.165, 1.54) is 6.08 Å². The molecule has 0 saturated carbocycles. The third kappa shape index (κ3) is 3.61. The molecule has 1 aliphatic rings. The lowest BCUT2D eigenvalue weighted by atomic mass is 9.99. The number of carbonyl (C=O) groups excluding carboxylic acids is 1. The summed E-state index contributed by atoms with van der Waals surface area (Å²) in [5.41, 5.74) is 2.34.